The molecular weight excluding hydrogens is 410 g/mol. The maximum atomic E-state index is 12.8. The van der Waals surface area contributed by atoms with Gasteiger partial charge in [-0.15, -0.1) is 0 Å². The number of nitrogens with one attached hydrogen (secondary N) is 1. The molecule has 2 aliphatic heterocycles. The number of benzene rings is 3. The van der Waals surface area contributed by atoms with Crippen LogP contribution in [0.25, 0.3) is 0 Å². The van der Waals surface area contributed by atoms with Gasteiger partial charge in [-0.1, -0.05) is 60.7 Å². The third-order valence-corrected chi connectivity index (χ3v) is 6.59. The molecule has 0 unspecified atom stereocenters. The van der Waals surface area contributed by atoms with Crippen LogP contribution in [0.5, 0.6) is 0 Å². The Morgan fingerprint density at radius 3 is 1.91 bits per heavy atom. The summed E-state index contributed by atoms with van der Waals surface area (Å²) in [5.74, 6) is 0.188. The van der Waals surface area contributed by atoms with Gasteiger partial charge in [0, 0.05) is 49.4 Å². The Morgan fingerprint density at radius 1 is 0.667 bits per heavy atom. The number of rotatable bonds is 6. The number of carbonyl (C=O) groups is 2. The predicted molar refractivity (Wildman–Crippen MR) is 129 cm³/mol. The Bertz CT molecular complexity index is 1090. The Labute approximate surface area is 195 Å². The first-order chi connectivity index (χ1) is 16.2. The van der Waals surface area contributed by atoms with E-state index in [0.717, 1.165) is 37.1 Å². The van der Waals surface area contributed by atoms with Crippen molar-refractivity contribution in [2.75, 3.05) is 26.2 Å². The lowest BCUT2D eigenvalue weighted by molar-refractivity contribution is 0.0552. The van der Waals surface area contributed by atoms with Crippen LogP contribution in [0.2, 0.25) is 0 Å². The van der Waals surface area contributed by atoms with Crippen molar-refractivity contribution < 1.29 is 9.59 Å². The summed E-state index contributed by atoms with van der Waals surface area (Å²) in [6.45, 7) is 2.93. The highest BCUT2D eigenvalue weighted by Gasteiger charge is 2.35. The van der Waals surface area contributed by atoms with Crippen LogP contribution < -0.4 is 5.32 Å². The van der Waals surface area contributed by atoms with E-state index in [0.29, 0.717) is 19.1 Å². The first-order valence-corrected chi connectivity index (χ1v) is 11.7. The molecule has 2 aliphatic rings. The summed E-state index contributed by atoms with van der Waals surface area (Å²) in [6, 6.07) is 28.4. The quantitative estimate of drug-likeness (QED) is 0.639. The Balaban J connectivity index is 1.08. The van der Waals surface area contributed by atoms with E-state index < -0.39 is 0 Å². The molecule has 2 heterocycles. The number of carbonyl (C=O) groups excluding carboxylic acids is 2. The van der Waals surface area contributed by atoms with E-state index in [1.165, 1.54) is 11.1 Å². The average Bonchev–Trinajstić information content (AvgIpc) is 3.31. The lowest BCUT2D eigenvalue weighted by atomic mass is 10.0. The first-order valence-electron chi connectivity index (χ1n) is 11.7. The summed E-state index contributed by atoms with van der Waals surface area (Å²) in [6.07, 6.45) is 1.82. The van der Waals surface area contributed by atoms with Crippen molar-refractivity contribution in [2.24, 2.45) is 0 Å². The van der Waals surface area contributed by atoms with Gasteiger partial charge in [-0.05, 0) is 48.2 Å². The summed E-state index contributed by atoms with van der Waals surface area (Å²) < 4.78 is 0. The molecule has 0 spiro atoms. The number of hydrogen-bond donors (Lipinski definition) is 1. The van der Waals surface area contributed by atoms with Crippen molar-refractivity contribution in [3.8, 4) is 0 Å². The van der Waals surface area contributed by atoms with Crippen LogP contribution in [0, 0.1) is 0 Å². The number of hydrogen-bond acceptors (Lipinski definition) is 3. The Morgan fingerprint density at radius 2 is 1.21 bits per heavy atom. The minimum Gasteiger partial charge on any atom is -0.337 e. The van der Waals surface area contributed by atoms with Gasteiger partial charge >= 0.3 is 0 Å². The first kappa shape index (κ1) is 21.4. The van der Waals surface area contributed by atoms with E-state index in [1.807, 2.05) is 82.6 Å². The lowest BCUT2D eigenvalue weighted by Crippen LogP contribution is -2.62. The van der Waals surface area contributed by atoms with Crippen LogP contribution >= 0.6 is 0 Å². The zero-order valence-corrected chi connectivity index (χ0v) is 18.7. The Kier molecular flexibility index (Phi) is 6.22. The molecule has 168 valence electrons. The third kappa shape index (κ3) is 4.99. The molecule has 2 saturated heterocycles. The number of likely N-dealkylation sites (tertiary alicyclic amines) is 2. The van der Waals surface area contributed by atoms with Crippen LogP contribution in [0.15, 0.2) is 84.9 Å². The standard InChI is InChI=1S/C28H29N3O2/c32-27(23-9-5-2-6-10-23)30-16-15-25(18-30)29-26-19-31(20-26)28(33)24-13-11-22(12-14-24)17-21-7-3-1-4-8-21/h1-14,25-26,29H,15-20H2/t25-/m0/s1. The van der Waals surface area contributed by atoms with Gasteiger partial charge in [0.1, 0.15) is 0 Å². The van der Waals surface area contributed by atoms with Gasteiger partial charge in [0.05, 0.1) is 0 Å². The van der Waals surface area contributed by atoms with Crippen LogP contribution in [0.3, 0.4) is 0 Å². The largest absolute Gasteiger partial charge is 0.337 e. The Hall–Kier alpha value is -3.44. The molecule has 2 fully saturated rings. The van der Waals surface area contributed by atoms with Gasteiger partial charge in [0.2, 0.25) is 0 Å². The van der Waals surface area contributed by atoms with Crippen molar-refractivity contribution in [1.29, 1.82) is 0 Å². The smallest absolute Gasteiger partial charge is 0.253 e. The fourth-order valence-corrected chi connectivity index (χ4v) is 4.71. The highest BCUT2D eigenvalue weighted by molar-refractivity contribution is 5.95. The lowest BCUT2D eigenvalue weighted by Gasteiger charge is -2.41. The zero-order valence-electron chi connectivity index (χ0n) is 18.7. The van der Waals surface area contributed by atoms with Gasteiger partial charge in [-0.3, -0.25) is 9.59 Å². The molecule has 0 radical (unpaired) electrons. The molecule has 33 heavy (non-hydrogen) atoms. The van der Waals surface area contributed by atoms with Gasteiger partial charge in [0.15, 0.2) is 0 Å². The highest BCUT2D eigenvalue weighted by Crippen LogP contribution is 2.19. The van der Waals surface area contributed by atoms with Crippen molar-refractivity contribution >= 4 is 11.8 Å². The molecule has 1 atom stereocenters. The van der Waals surface area contributed by atoms with E-state index in [-0.39, 0.29) is 17.9 Å². The number of nitrogens with zero attached hydrogens (tertiary/aromatic N) is 2. The summed E-state index contributed by atoms with van der Waals surface area (Å²) in [7, 11) is 0. The summed E-state index contributed by atoms with van der Waals surface area (Å²) in [4.78, 5) is 29.3. The van der Waals surface area contributed by atoms with Crippen molar-refractivity contribution in [2.45, 2.75) is 24.9 Å². The second-order valence-electron chi connectivity index (χ2n) is 9.04. The topological polar surface area (TPSA) is 52.7 Å². The normalized spacial score (nSPS) is 18.2. The molecule has 3 aromatic rings. The number of amides is 2. The molecule has 3 aromatic carbocycles. The predicted octanol–water partition coefficient (Wildman–Crippen LogP) is 3.61. The molecule has 0 aromatic heterocycles. The fraction of sp³-hybridized carbons (Fsp3) is 0.286. The van der Waals surface area contributed by atoms with Gasteiger partial charge in [0.25, 0.3) is 11.8 Å². The van der Waals surface area contributed by atoms with E-state index in [9.17, 15) is 9.59 Å². The van der Waals surface area contributed by atoms with Crippen LogP contribution in [-0.2, 0) is 6.42 Å². The molecular formula is C28H29N3O2. The zero-order chi connectivity index (χ0) is 22.6. The molecule has 1 N–H and O–H groups in total. The van der Waals surface area contributed by atoms with Crippen molar-refractivity contribution in [1.82, 2.24) is 15.1 Å². The molecule has 5 heteroatoms. The molecule has 5 nitrogen and oxygen atoms in total. The van der Waals surface area contributed by atoms with Crippen molar-refractivity contribution in [3.05, 3.63) is 107 Å². The van der Waals surface area contributed by atoms with E-state index >= 15 is 0 Å². The van der Waals surface area contributed by atoms with E-state index in [2.05, 4.69) is 17.4 Å². The minimum absolute atomic E-state index is 0.0895. The summed E-state index contributed by atoms with van der Waals surface area (Å²) in [5.41, 5.74) is 3.96. The molecule has 2 amide bonds. The van der Waals surface area contributed by atoms with Gasteiger partial charge < -0.3 is 15.1 Å². The van der Waals surface area contributed by atoms with Crippen molar-refractivity contribution in [3.63, 3.8) is 0 Å². The summed E-state index contributed by atoms with van der Waals surface area (Å²) in [5, 5.41) is 3.64. The minimum atomic E-state index is 0.0895. The second-order valence-corrected chi connectivity index (χ2v) is 9.04. The highest BCUT2D eigenvalue weighted by atomic mass is 16.2. The molecule has 0 aliphatic carbocycles. The summed E-state index contributed by atoms with van der Waals surface area (Å²) >= 11 is 0. The van der Waals surface area contributed by atoms with Gasteiger partial charge in [-0.2, -0.15) is 0 Å². The molecule has 0 saturated carbocycles. The fourth-order valence-electron chi connectivity index (χ4n) is 4.71. The van der Waals surface area contributed by atoms with E-state index in [4.69, 9.17) is 0 Å². The molecule has 5 rings (SSSR count). The second kappa shape index (κ2) is 9.59. The van der Waals surface area contributed by atoms with Crippen LogP contribution in [0.1, 0.15) is 38.3 Å². The monoisotopic (exact) mass is 439 g/mol. The maximum absolute atomic E-state index is 12.8. The average molecular weight is 440 g/mol. The van der Waals surface area contributed by atoms with Crippen LogP contribution in [-0.4, -0.2) is 59.9 Å². The molecule has 0 bridgehead atoms. The van der Waals surface area contributed by atoms with Gasteiger partial charge in [-0.25, -0.2) is 0 Å². The third-order valence-electron chi connectivity index (χ3n) is 6.59. The maximum Gasteiger partial charge on any atom is 0.253 e. The SMILES string of the molecule is O=C(c1ccc(Cc2ccccc2)cc1)N1CC(N[C@H]2CCN(C(=O)c3ccccc3)C2)C1. The van der Waals surface area contributed by atoms with Crippen LogP contribution in [0.4, 0.5) is 0 Å². The van der Waals surface area contributed by atoms with E-state index in [1.54, 1.807) is 0 Å².